The summed E-state index contributed by atoms with van der Waals surface area (Å²) < 4.78 is 0. The molecule has 0 aliphatic carbocycles. The fourth-order valence-corrected chi connectivity index (χ4v) is 1.20. The molecule has 0 fully saturated rings. The number of aromatic nitrogens is 2. The summed E-state index contributed by atoms with van der Waals surface area (Å²) in [5, 5.41) is 3.19. The quantitative estimate of drug-likeness (QED) is 0.778. The van der Waals surface area contributed by atoms with Gasteiger partial charge >= 0.3 is 0 Å². The highest BCUT2D eigenvalue weighted by Crippen LogP contribution is 2.02. The molecule has 1 N–H and O–H groups in total. The van der Waals surface area contributed by atoms with Gasteiger partial charge in [0.2, 0.25) is 5.95 Å². The van der Waals surface area contributed by atoms with Crippen LogP contribution in [0.15, 0.2) is 6.07 Å². The van der Waals surface area contributed by atoms with Crippen molar-refractivity contribution in [3.05, 3.63) is 17.5 Å². The van der Waals surface area contributed by atoms with E-state index in [1.54, 1.807) is 0 Å². The zero-order valence-electron chi connectivity index (χ0n) is 9.33. The maximum absolute atomic E-state index is 4.29. The van der Waals surface area contributed by atoms with Crippen molar-refractivity contribution in [3.8, 4) is 0 Å². The largest absolute Gasteiger partial charge is 0.353 e. The summed E-state index contributed by atoms with van der Waals surface area (Å²) in [6.07, 6.45) is 0. The van der Waals surface area contributed by atoms with Gasteiger partial charge in [0.15, 0.2) is 0 Å². The van der Waals surface area contributed by atoms with Gasteiger partial charge < -0.3 is 10.2 Å². The molecular formula is C10H18N4. The van der Waals surface area contributed by atoms with E-state index >= 15 is 0 Å². The van der Waals surface area contributed by atoms with E-state index in [0.717, 1.165) is 30.4 Å². The molecule has 14 heavy (non-hydrogen) atoms. The smallest absolute Gasteiger partial charge is 0.223 e. The van der Waals surface area contributed by atoms with E-state index in [-0.39, 0.29) is 0 Å². The Bertz CT molecular complexity index is 276. The van der Waals surface area contributed by atoms with Crippen molar-refractivity contribution in [2.75, 3.05) is 32.5 Å². The van der Waals surface area contributed by atoms with Crippen LogP contribution in [0.25, 0.3) is 0 Å². The molecule has 1 aromatic heterocycles. The van der Waals surface area contributed by atoms with E-state index in [4.69, 9.17) is 0 Å². The Morgan fingerprint density at radius 2 is 1.79 bits per heavy atom. The lowest BCUT2D eigenvalue weighted by molar-refractivity contribution is 0.425. The first kappa shape index (κ1) is 10.9. The molecule has 0 radical (unpaired) electrons. The van der Waals surface area contributed by atoms with Gasteiger partial charge in [-0.15, -0.1) is 0 Å². The molecule has 0 aliphatic rings. The minimum Gasteiger partial charge on any atom is -0.353 e. The van der Waals surface area contributed by atoms with E-state index in [0.29, 0.717) is 0 Å². The Kier molecular flexibility index (Phi) is 3.83. The highest BCUT2D eigenvalue weighted by atomic mass is 15.1. The summed E-state index contributed by atoms with van der Waals surface area (Å²) in [6, 6.07) is 1.97. The predicted octanol–water partition coefficient (Wildman–Crippen LogP) is 1.07. The Labute approximate surface area is 85.4 Å². The zero-order chi connectivity index (χ0) is 10.6. The molecule has 78 valence electrons. The minimum atomic E-state index is 0.726. The second-order valence-corrected chi connectivity index (χ2v) is 3.70. The SMILES string of the molecule is Cc1cc(C)nc(NCCN(C)C)n1. The minimum absolute atomic E-state index is 0.726. The van der Waals surface area contributed by atoms with Crippen LogP contribution in [0.1, 0.15) is 11.4 Å². The van der Waals surface area contributed by atoms with Crippen LogP contribution in [-0.4, -0.2) is 42.1 Å². The maximum atomic E-state index is 4.29. The monoisotopic (exact) mass is 194 g/mol. The van der Waals surface area contributed by atoms with Crippen molar-refractivity contribution in [1.29, 1.82) is 0 Å². The molecule has 0 unspecified atom stereocenters. The molecule has 1 aromatic rings. The molecular weight excluding hydrogens is 176 g/mol. The maximum Gasteiger partial charge on any atom is 0.223 e. The van der Waals surface area contributed by atoms with Crippen LogP contribution in [-0.2, 0) is 0 Å². The van der Waals surface area contributed by atoms with E-state index in [2.05, 4.69) is 20.2 Å². The van der Waals surface area contributed by atoms with Gasteiger partial charge in [-0.25, -0.2) is 9.97 Å². The van der Waals surface area contributed by atoms with E-state index in [1.165, 1.54) is 0 Å². The lowest BCUT2D eigenvalue weighted by Gasteiger charge is -2.10. The second-order valence-electron chi connectivity index (χ2n) is 3.70. The van der Waals surface area contributed by atoms with Crippen molar-refractivity contribution in [1.82, 2.24) is 14.9 Å². The summed E-state index contributed by atoms with van der Waals surface area (Å²) in [6.45, 7) is 5.81. The van der Waals surface area contributed by atoms with Gasteiger partial charge in [-0.3, -0.25) is 0 Å². The molecule has 0 saturated heterocycles. The fraction of sp³-hybridized carbons (Fsp3) is 0.600. The van der Waals surface area contributed by atoms with E-state index in [9.17, 15) is 0 Å². The highest BCUT2D eigenvalue weighted by molar-refractivity contribution is 5.27. The topological polar surface area (TPSA) is 41.1 Å². The Morgan fingerprint density at radius 3 is 2.29 bits per heavy atom. The van der Waals surface area contributed by atoms with Crippen LogP contribution in [0.4, 0.5) is 5.95 Å². The van der Waals surface area contributed by atoms with E-state index in [1.807, 2.05) is 34.0 Å². The van der Waals surface area contributed by atoms with Crippen molar-refractivity contribution >= 4 is 5.95 Å². The van der Waals surface area contributed by atoms with Gasteiger partial charge in [-0.05, 0) is 34.0 Å². The number of likely N-dealkylation sites (N-methyl/N-ethyl adjacent to an activating group) is 1. The first-order valence-electron chi connectivity index (χ1n) is 4.79. The lowest BCUT2D eigenvalue weighted by atomic mass is 10.4. The number of aryl methyl sites for hydroxylation is 2. The van der Waals surface area contributed by atoms with Gasteiger partial charge in [-0.1, -0.05) is 0 Å². The van der Waals surface area contributed by atoms with E-state index < -0.39 is 0 Å². The molecule has 0 aliphatic heterocycles. The molecule has 0 atom stereocenters. The number of rotatable bonds is 4. The van der Waals surface area contributed by atoms with Crippen molar-refractivity contribution < 1.29 is 0 Å². The van der Waals surface area contributed by atoms with Gasteiger partial charge in [0.1, 0.15) is 0 Å². The summed E-state index contributed by atoms with van der Waals surface area (Å²) in [5.41, 5.74) is 2.01. The average molecular weight is 194 g/mol. The van der Waals surface area contributed by atoms with Gasteiger partial charge in [0.25, 0.3) is 0 Å². The van der Waals surface area contributed by atoms with Crippen LogP contribution in [0.3, 0.4) is 0 Å². The highest BCUT2D eigenvalue weighted by Gasteiger charge is 1.98. The predicted molar refractivity (Wildman–Crippen MR) is 58.5 cm³/mol. The summed E-state index contributed by atoms with van der Waals surface area (Å²) in [7, 11) is 4.09. The molecule has 4 heteroatoms. The third-order valence-corrected chi connectivity index (χ3v) is 1.82. The van der Waals surface area contributed by atoms with Crippen LogP contribution >= 0.6 is 0 Å². The molecule has 4 nitrogen and oxygen atoms in total. The third-order valence-electron chi connectivity index (χ3n) is 1.82. The van der Waals surface area contributed by atoms with Crippen LogP contribution in [0, 0.1) is 13.8 Å². The van der Waals surface area contributed by atoms with Crippen LogP contribution < -0.4 is 5.32 Å². The second kappa shape index (κ2) is 4.91. The molecule has 0 aromatic carbocycles. The number of hydrogen-bond acceptors (Lipinski definition) is 4. The molecule has 0 spiro atoms. The lowest BCUT2D eigenvalue weighted by Crippen LogP contribution is -2.21. The molecule has 1 rings (SSSR count). The Balaban J connectivity index is 2.50. The Morgan fingerprint density at radius 1 is 1.21 bits per heavy atom. The van der Waals surface area contributed by atoms with Gasteiger partial charge in [0, 0.05) is 24.5 Å². The molecule has 0 bridgehead atoms. The number of hydrogen-bond donors (Lipinski definition) is 1. The summed E-state index contributed by atoms with van der Waals surface area (Å²) >= 11 is 0. The molecule has 0 saturated carbocycles. The van der Waals surface area contributed by atoms with Crippen LogP contribution in [0.2, 0.25) is 0 Å². The zero-order valence-corrected chi connectivity index (χ0v) is 9.33. The first-order chi connectivity index (χ1) is 6.58. The average Bonchev–Trinajstić information content (AvgIpc) is 2.01. The van der Waals surface area contributed by atoms with Crippen LogP contribution in [0.5, 0.6) is 0 Å². The summed E-state index contributed by atoms with van der Waals surface area (Å²) in [5.74, 6) is 0.726. The number of anilines is 1. The van der Waals surface area contributed by atoms with Crippen molar-refractivity contribution in [3.63, 3.8) is 0 Å². The Hall–Kier alpha value is -1.16. The van der Waals surface area contributed by atoms with Crippen molar-refractivity contribution in [2.45, 2.75) is 13.8 Å². The number of nitrogens with zero attached hydrogens (tertiary/aromatic N) is 3. The standard InChI is InChI=1S/C10H18N4/c1-8-7-9(2)13-10(12-8)11-5-6-14(3)4/h7H,5-6H2,1-4H3,(H,11,12,13). The first-order valence-corrected chi connectivity index (χ1v) is 4.79. The normalized spacial score (nSPS) is 10.6. The molecule has 1 heterocycles. The van der Waals surface area contributed by atoms with Gasteiger partial charge in [-0.2, -0.15) is 0 Å². The van der Waals surface area contributed by atoms with Gasteiger partial charge in [0.05, 0.1) is 0 Å². The summed E-state index contributed by atoms with van der Waals surface area (Å²) in [4.78, 5) is 10.7. The fourth-order valence-electron chi connectivity index (χ4n) is 1.20. The van der Waals surface area contributed by atoms with Crippen molar-refractivity contribution in [2.24, 2.45) is 0 Å². The molecule has 0 amide bonds. The third kappa shape index (κ3) is 3.70. The number of nitrogens with one attached hydrogen (secondary N) is 1.